The minimum Gasteiger partial charge on any atom is -0.354 e. The van der Waals surface area contributed by atoms with Gasteiger partial charge in [0.2, 0.25) is 11.1 Å². The molecule has 1 saturated carbocycles. The summed E-state index contributed by atoms with van der Waals surface area (Å²) in [6, 6.07) is 0. The van der Waals surface area contributed by atoms with E-state index in [4.69, 9.17) is 11.6 Å². The zero-order valence-corrected chi connectivity index (χ0v) is 11.9. The van der Waals surface area contributed by atoms with E-state index in [1.165, 1.54) is 25.7 Å². The van der Waals surface area contributed by atoms with E-state index in [-0.39, 0.29) is 11.0 Å². The smallest absolute Gasteiger partial charge is 0.332 e. The highest BCUT2D eigenvalue weighted by molar-refractivity contribution is 6.28. The summed E-state index contributed by atoms with van der Waals surface area (Å²) < 4.78 is 0. The molecule has 19 heavy (non-hydrogen) atoms. The maximum Gasteiger partial charge on any atom is 0.332 e. The Bertz CT molecular complexity index is 489. The van der Waals surface area contributed by atoms with E-state index < -0.39 is 4.92 Å². The van der Waals surface area contributed by atoms with Crippen molar-refractivity contribution in [3.05, 3.63) is 21.1 Å². The van der Waals surface area contributed by atoms with Crippen LogP contribution in [0.4, 0.5) is 11.5 Å². The Kier molecular flexibility index (Phi) is 4.19. The molecule has 1 aliphatic rings. The lowest BCUT2D eigenvalue weighted by atomic mass is 10.1. The van der Waals surface area contributed by atoms with Crippen LogP contribution in [0.3, 0.4) is 0 Å². The zero-order chi connectivity index (χ0) is 14.0. The van der Waals surface area contributed by atoms with E-state index >= 15 is 0 Å². The molecule has 0 spiro atoms. The van der Waals surface area contributed by atoms with Gasteiger partial charge in [-0.1, -0.05) is 12.8 Å². The molecule has 0 N–H and O–H groups in total. The van der Waals surface area contributed by atoms with Crippen LogP contribution < -0.4 is 4.90 Å². The summed E-state index contributed by atoms with van der Waals surface area (Å²) in [5.41, 5.74) is 0.253. The van der Waals surface area contributed by atoms with Crippen molar-refractivity contribution in [1.29, 1.82) is 0 Å². The second kappa shape index (κ2) is 5.69. The number of halogens is 1. The van der Waals surface area contributed by atoms with Gasteiger partial charge in [0.15, 0.2) is 0 Å². The second-order valence-electron chi connectivity index (χ2n) is 5.04. The Morgan fingerprint density at radius 2 is 2.05 bits per heavy atom. The summed E-state index contributed by atoms with van der Waals surface area (Å²) in [6.45, 7) is 2.35. The van der Waals surface area contributed by atoms with E-state index in [2.05, 4.69) is 9.97 Å². The van der Waals surface area contributed by atoms with Gasteiger partial charge >= 0.3 is 5.69 Å². The molecule has 6 nitrogen and oxygen atoms in total. The summed E-state index contributed by atoms with van der Waals surface area (Å²) in [5.74, 6) is 0.896. The third-order valence-corrected chi connectivity index (χ3v) is 3.73. The first-order chi connectivity index (χ1) is 8.99. The van der Waals surface area contributed by atoms with Gasteiger partial charge in [-0.15, -0.1) is 0 Å². The second-order valence-corrected chi connectivity index (χ2v) is 5.38. The molecule has 1 heterocycles. The number of aromatic nitrogens is 2. The summed E-state index contributed by atoms with van der Waals surface area (Å²) in [7, 11) is 1.82. The minimum atomic E-state index is -0.438. The Morgan fingerprint density at radius 1 is 1.42 bits per heavy atom. The lowest BCUT2D eigenvalue weighted by molar-refractivity contribution is -0.385. The van der Waals surface area contributed by atoms with Crippen LogP contribution in [0.5, 0.6) is 0 Å². The highest BCUT2D eigenvalue weighted by Gasteiger charge is 2.26. The number of nitro groups is 1. The van der Waals surface area contributed by atoms with Gasteiger partial charge in [0.05, 0.1) is 4.92 Å². The largest absolute Gasteiger partial charge is 0.354 e. The molecule has 0 bridgehead atoms. The average Bonchev–Trinajstić information content (AvgIpc) is 2.79. The van der Waals surface area contributed by atoms with Crippen LogP contribution in [-0.2, 0) is 0 Å². The standard InChI is InChI=1S/C12H17ClN4O2/c1-8-10(17(18)19)11(15-12(13)14-8)16(2)7-9-5-3-4-6-9/h9H,3-7H2,1-2H3. The number of anilines is 1. The molecule has 7 heteroatoms. The number of nitrogens with zero attached hydrogens (tertiary/aromatic N) is 4. The Labute approximate surface area is 117 Å². The van der Waals surface area contributed by atoms with Gasteiger partial charge < -0.3 is 4.90 Å². The first-order valence-electron chi connectivity index (χ1n) is 6.38. The number of rotatable bonds is 4. The Balaban J connectivity index is 2.28. The SMILES string of the molecule is Cc1nc(Cl)nc(N(C)CC2CCCC2)c1[N+](=O)[O-]. The predicted octanol–water partition coefficient (Wildman–Crippen LogP) is 2.97. The molecule has 1 aromatic rings. The Hall–Kier alpha value is -1.43. The molecule has 1 aromatic heterocycles. The molecule has 104 valence electrons. The molecule has 0 amide bonds. The van der Waals surface area contributed by atoms with E-state index in [9.17, 15) is 10.1 Å². The molecule has 1 fully saturated rings. The molecule has 0 aliphatic heterocycles. The van der Waals surface area contributed by atoms with Crippen LogP contribution in [-0.4, -0.2) is 28.5 Å². The third-order valence-electron chi connectivity index (χ3n) is 3.56. The molecule has 2 rings (SSSR count). The molecular formula is C12H17ClN4O2. The number of hydrogen-bond donors (Lipinski definition) is 0. The molecular weight excluding hydrogens is 268 g/mol. The molecule has 0 saturated heterocycles. The molecule has 0 radical (unpaired) electrons. The normalized spacial score (nSPS) is 15.7. The third kappa shape index (κ3) is 3.12. The average molecular weight is 285 g/mol. The predicted molar refractivity (Wildman–Crippen MR) is 73.7 cm³/mol. The quantitative estimate of drug-likeness (QED) is 0.483. The van der Waals surface area contributed by atoms with Crippen LogP contribution in [0.2, 0.25) is 5.28 Å². The van der Waals surface area contributed by atoms with E-state index in [1.807, 2.05) is 11.9 Å². The van der Waals surface area contributed by atoms with Crippen molar-refractivity contribution in [2.24, 2.45) is 5.92 Å². The van der Waals surface area contributed by atoms with Crippen LogP contribution in [0.1, 0.15) is 31.4 Å². The van der Waals surface area contributed by atoms with Crippen LogP contribution >= 0.6 is 11.6 Å². The monoisotopic (exact) mass is 284 g/mol. The first kappa shape index (κ1) is 14.0. The maximum atomic E-state index is 11.2. The summed E-state index contributed by atoms with van der Waals surface area (Å²) in [4.78, 5) is 20.4. The van der Waals surface area contributed by atoms with Gasteiger partial charge in [-0.05, 0) is 37.3 Å². The maximum absolute atomic E-state index is 11.2. The summed E-state index contributed by atoms with van der Waals surface area (Å²) >= 11 is 5.82. The van der Waals surface area contributed by atoms with Crippen molar-refractivity contribution in [3.63, 3.8) is 0 Å². The van der Waals surface area contributed by atoms with Crippen molar-refractivity contribution in [2.45, 2.75) is 32.6 Å². The number of hydrogen-bond acceptors (Lipinski definition) is 5. The van der Waals surface area contributed by atoms with Gasteiger partial charge in [-0.2, -0.15) is 4.98 Å². The fourth-order valence-corrected chi connectivity index (χ4v) is 2.87. The molecule has 0 atom stereocenters. The van der Waals surface area contributed by atoms with Crippen molar-refractivity contribution in [2.75, 3.05) is 18.5 Å². The Morgan fingerprint density at radius 3 is 2.63 bits per heavy atom. The van der Waals surface area contributed by atoms with Crippen molar-refractivity contribution < 1.29 is 4.92 Å². The van der Waals surface area contributed by atoms with Crippen LogP contribution in [0, 0.1) is 23.0 Å². The van der Waals surface area contributed by atoms with E-state index in [0.717, 1.165) is 6.54 Å². The fraction of sp³-hybridized carbons (Fsp3) is 0.667. The molecule has 1 aliphatic carbocycles. The highest BCUT2D eigenvalue weighted by atomic mass is 35.5. The highest BCUT2D eigenvalue weighted by Crippen LogP contribution is 2.32. The van der Waals surface area contributed by atoms with Gasteiger partial charge in [-0.3, -0.25) is 10.1 Å². The summed E-state index contributed by atoms with van der Waals surface area (Å²) in [5, 5.41) is 11.2. The minimum absolute atomic E-state index is 0.0510. The van der Waals surface area contributed by atoms with Gasteiger partial charge in [0.1, 0.15) is 5.69 Å². The van der Waals surface area contributed by atoms with Gasteiger partial charge in [-0.25, -0.2) is 4.98 Å². The topological polar surface area (TPSA) is 72.2 Å². The van der Waals surface area contributed by atoms with Gasteiger partial charge in [0, 0.05) is 13.6 Å². The first-order valence-corrected chi connectivity index (χ1v) is 6.76. The van der Waals surface area contributed by atoms with Gasteiger partial charge in [0.25, 0.3) is 0 Å². The number of aryl methyl sites for hydroxylation is 1. The van der Waals surface area contributed by atoms with Crippen molar-refractivity contribution in [1.82, 2.24) is 9.97 Å². The zero-order valence-electron chi connectivity index (χ0n) is 11.1. The van der Waals surface area contributed by atoms with Crippen LogP contribution in [0.15, 0.2) is 0 Å². The van der Waals surface area contributed by atoms with Crippen molar-refractivity contribution in [3.8, 4) is 0 Å². The fourth-order valence-electron chi connectivity index (χ4n) is 2.67. The molecule has 0 aromatic carbocycles. The van der Waals surface area contributed by atoms with Crippen LogP contribution in [0.25, 0.3) is 0 Å². The lowest BCUT2D eigenvalue weighted by Gasteiger charge is -2.22. The van der Waals surface area contributed by atoms with E-state index in [0.29, 0.717) is 17.4 Å². The molecule has 0 unspecified atom stereocenters. The van der Waals surface area contributed by atoms with Crippen molar-refractivity contribution >= 4 is 23.1 Å². The lowest BCUT2D eigenvalue weighted by Crippen LogP contribution is -2.26. The summed E-state index contributed by atoms with van der Waals surface area (Å²) in [6.07, 6.45) is 4.83. The van der Waals surface area contributed by atoms with E-state index in [1.54, 1.807) is 6.92 Å².